The first-order chi connectivity index (χ1) is 9.88. The molecule has 1 N–H and O–H groups in total. The van der Waals surface area contributed by atoms with Gasteiger partial charge in [-0.3, -0.25) is 4.79 Å². The highest BCUT2D eigenvalue weighted by atomic mass is 35.5. The second-order valence-electron chi connectivity index (χ2n) is 5.38. The van der Waals surface area contributed by atoms with Crippen LogP contribution in [0, 0.1) is 5.92 Å². The normalized spacial score (nSPS) is 16.8. The summed E-state index contributed by atoms with van der Waals surface area (Å²) in [7, 11) is 0. The van der Waals surface area contributed by atoms with Crippen LogP contribution in [0.2, 0.25) is 0 Å². The molecule has 7 heteroatoms. The fourth-order valence-electron chi connectivity index (χ4n) is 2.51. The van der Waals surface area contributed by atoms with Gasteiger partial charge < -0.3 is 10.2 Å². The Hall–Kier alpha value is -1.27. The maximum absolute atomic E-state index is 12.7. The Morgan fingerprint density at radius 2 is 1.95 bits per heavy atom. The summed E-state index contributed by atoms with van der Waals surface area (Å²) in [6.07, 6.45) is -4.02. The van der Waals surface area contributed by atoms with Gasteiger partial charge in [0.1, 0.15) is 0 Å². The van der Waals surface area contributed by atoms with Crippen LogP contribution in [0.25, 0.3) is 0 Å². The number of nitrogens with one attached hydrogen (secondary N) is 1. The maximum Gasteiger partial charge on any atom is 0.416 e. The summed E-state index contributed by atoms with van der Waals surface area (Å²) in [6, 6.07) is 5.20. The van der Waals surface area contributed by atoms with Gasteiger partial charge in [0.25, 0.3) is 0 Å². The van der Waals surface area contributed by atoms with Gasteiger partial charge in [0.15, 0.2) is 0 Å². The number of hydrogen-bond donors (Lipinski definition) is 1. The Bertz CT molecular complexity index is 502. The third-order valence-corrected chi connectivity index (χ3v) is 3.65. The molecule has 1 aliphatic rings. The lowest BCUT2D eigenvalue weighted by Gasteiger charge is -2.29. The van der Waals surface area contributed by atoms with E-state index in [0.29, 0.717) is 25.1 Å². The Kier molecular flexibility index (Phi) is 6.68. The van der Waals surface area contributed by atoms with E-state index in [-0.39, 0.29) is 24.2 Å². The molecule has 0 spiro atoms. The summed E-state index contributed by atoms with van der Waals surface area (Å²) >= 11 is 0. The first-order valence-corrected chi connectivity index (χ1v) is 7.03. The molecule has 1 aromatic carbocycles. The minimum absolute atomic E-state index is 0. The lowest BCUT2D eigenvalue weighted by Crippen LogP contribution is -2.48. The van der Waals surface area contributed by atoms with Crippen molar-refractivity contribution in [2.45, 2.75) is 19.5 Å². The molecule has 1 aromatic rings. The average molecular weight is 337 g/mol. The molecule has 22 heavy (non-hydrogen) atoms. The summed E-state index contributed by atoms with van der Waals surface area (Å²) in [5.74, 6) is -0.305. The van der Waals surface area contributed by atoms with Crippen molar-refractivity contribution < 1.29 is 18.0 Å². The first kappa shape index (κ1) is 18.8. The van der Waals surface area contributed by atoms with E-state index in [1.807, 2.05) is 0 Å². The number of nitrogens with zero attached hydrogens (tertiary/aromatic N) is 1. The zero-order chi connectivity index (χ0) is 15.5. The van der Waals surface area contributed by atoms with Crippen molar-refractivity contribution in [3.05, 3.63) is 35.4 Å². The van der Waals surface area contributed by atoms with Crippen LogP contribution < -0.4 is 5.32 Å². The standard InChI is InChI=1S/C15H19F3N2O.ClH/c1-11(14(21)20-7-5-19-6-8-20)9-12-3-2-4-13(10-12)15(16,17)18;/h2-4,10-11,19H,5-9H2,1H3;1H. The molecule has 0 aliphatic carbocycles. The summed E-state index contributed by atoms with van der Waals surface area (Å²) in [6.45, 7) is 4.62. The molecule has 0 aromatic heterocycles. The molecule has 0 radical (unpaired) electrons. The summed E-state index contributed by atoms with van der Waals surface area (Å²) in [4.78, 5) is 14.0. The van der Waals surface area contributed by atoms with Crippen molar-refractivity contribution in [2.24, 2.45) is 5.92 Å². The molecule has 0 bridgehead atoms. The Balaban J connectivity index is 0.00000242. The maximum atomic E-state index is 12.7. The summed E-state index contributed by atoms with van der Waals surface area (Å²) in [5.41, 5.74) is -0.123. The van der Waals surface area contributed by atoms with Gasteiger partial charge >= 0.3 is 6.18 Å². The van der Waals surface area contributed by atoms with E-state index >= 15 is 0 Å². The van der Waals surface area contributed by atoms with Gasteiger partial charge in [-0.05, 0) is 18.1 Å². The monoisotopic (exact) mass is 336 g/mol. The quantitative estimate of drug-likeness (QED) is 0.920. The third-order valence-electron chi connectivity index (χ3n) is 3.65. The Labute approximate surface area is 134 Å². The molecule has 1 heterocycles. The SMILES string of the molecule is CC(Cc1cccc(C(F)(F)F)c1)C(=O)N1CCNCC1.Cl. The highest BCUT2D eigenvalue weighted by Crippen LogP contribution is 2.30. The molecular weight excluding hydrogens is 317 g/mol. The number of amides is 1. The lowest BCUT2D eigenvalue weighted by atomic mass is 9.98. The zero-order valence-corrected chi connectivity index (χ0v) is 13.1. The third kappa shape index (κ3) is 4.88. The van der Waals surface area contributed by atoms with Crippen LogP contribution in [0.5, 0.6) is 0 Å². The first-order valence-electron chi connectivity index (χ1n) is 7.03. The molecule has 1 fully saturated rings. The topological polar surface area (TPSA) is 32.3 Å². The molecule has 1 atom stereocenters. The number of rotatable bonds is 3. The van der Waals surface area contributed by atoms with E-state index in [2.05, 4.69) is 5.32 Å². The molecule has 1 amide bonds. The number of carbonyl (C=O) groups is 1. The predicted molar refractivity (Wildman–Crippen MR) is 81.0 cm³/mol. The number of benzene rings is 1. The number of hydrogen-bond acceptors (Lipinski definition) is 2. The van der Waals surface area contributed by atoms with Crippen LogP contribution in [0.15, 0.2) is 24.3 Å². The van der Waals surface area contributed by atoms with Crippen LogP contribution >= 0.6 is 12.4 Å². The van der Waals surface area contributed by atoms with Gasteiger partial charge in [-0.25, -0.2) is 0 Å². The smallest absolute Gasteiger partial charge is 0.340 e. The van der Waals surface area contributed by atoms with Crippen LogP contribution in [-0.2, 0) is 17.4 Å². The van der Waals surface area contributed by atoms with E-state index in [1.165, 1.54) is 6.07 Å². The molecule has 2 rings (SSSR count). The van der Waals surface area contributed by atoms with E-state index in [4.69, 9.17) is 0 Å². The lowest BCUT2D eigenvalue weighted by molar-refractivity contribution is -0.137. The van der Waals surface area contributed by atoms with Gasteiger partial charge in [0.05, 0.1) is 5.56 Å². The number of piperazine rings is 1. The largest absolute Gasteiger partial charge is 0.416 e. The molecule has 3 nitrogen and oxygen atoms in total. The average Bonchev–Trinajstić information content (AvgIpc) is 2.47. The van der Waals surface area contributed by atoms with Crippen LogP contribution in [-0.4, -0.2) is 37.0 Å². The number of halogens is 4. The van der Waals surface area contributed by atoms with Gasteiger partial charge in [-0.1, -0.05) is 25.1 Å². The number of carbonyl (C=O) groups excluding carboxylic acids is 1. The van der Waals surface area contributed by atoms with Gasteiger partial charge in [-0.15, -0.1) is 12.4 Å². The fraction of sp³-hybridized carbons (Fsp3) is 0.533. The molecular formula is C15H20ClF3N2O. The Morgan fingerprint density at radius 3 is 2.55 bits per heavy atom. The molecule has 0 saturated carbocycles. The highest BCUT2D eigenvalue weighted by Gasteiger charge is 2.30. The van der Waals surface area contributed by atoms with Crippen molar-refractivity contribution in [3.8, 4) is 0 Å². The van der Waals surface area contributed by atoms with E-state index in [0.717, 1.165) is 25.2 Å². The predicted octanol–water partition coefficient (Wildman–Crippen LogP) is 2.74. The zero-order valence-electron chi connectivity index (χ0n) is 12.3. The van der Waals surface area contributed by atoms with Gasteiger partial charge in [0, 0.05) is 32.1 Å². The number of alkyl halides is 3. The molecule has 124 valence electrons. The second kappa shape index (κ2) is 7.83. The molecule has 1 unspecified atom stereocenters. The van der Waals surface area contributed by atoms with Gasteiger partial charge in [-0.2, -0.15) is 13.2 Å². The molecule has 1 aliphatic heterocycles. The van der Waals surface area contributed by atoms with Crippen molar-refractivity contribution >= 4 is 18.3 Å². The van der Waals surface area contributed by atoms with Crippen LogP contribution in [0.4, 0.5) is 13.2 Å². The fourth-order valence-corrected chi connectivity index (χ4v) is 2.51. The minimum Gasteiger partial charge on any atom is -0.340 e. The van der Waals surface area contributed by atoms with E-state index < -0.39 is 11.7 Å². The molecule has 1 saturated heterocycles. The van der Waals surface area contributed by atoms with E-state index in [9.17, 15) is 18.0 Å². The second-order valence-corrected chi connectivity index (χ2v) is 5.38. The van der Waals surface area contributed by atoms with Crippen molar-refractivity contribution in [1.29, 1.82) is 0 Å². The van der Waals surface area contributed by atoms with Crippen molar-refractivity contribution in [2.75, 3.05) is 26.2 Å². The van der Waals surface area contributed by atoms with Crippen LogP contribution in [0.3, 0.4) is 0 Å². The minimum atomic E-state index is -4.35. The highest BCUT2D eigenvalue weighted by molar-refractivity contribution is 5.85. The van der Waals surface area contributed by atoms with Crippen LogP contribution in [0.1, 0.15) is 18.1 Å². The Morgan fingerprint density at radius 1 is 1.32 bits per heavy atom. The summed E-state index contributed by atoms with van der Waals surface area (Å²) in [5, 5.41) is 3.16. The van der Waals surface area contributed by atoms with Gasteiger partial charge in [0.2, 0.25) is 5.91 Å². The van der Waals surface area contributed by atoms with Crippen molar-refractivity contribution in [1.82, 2.24) is 10.2 Å². The van der Waals surface area contributed by atoms with Crippen molar-refractivity contribution in [3.63, 3.8) is 0 Å². The van der Waals surface area contributed by atoms with E-state index in [1.54, 1.807) is 17.9 Å². The summed E-state index contributed by atoms with van der Waals surface area (Å²) < 4.78 is 38.0.